The molecule has 1 atom stereocenters. The molecule has 1 heterocycles. The van der Waals surface area contributed by atoms with Crippen molar-refractivity contribution in [2.24, 2.45) is 5.10 Å². The van der Waals surface area contributed by atoms with Crippen molar-refractivity contribution in [3.05, 3.63) is 71.8 Å². The van der Waals surface area contributed by atoms with Crippen LogP contribution in [-0.2, 0) is 15.1 Å². The highest BCUT2D eigenvalue weighted by Gasteiger charge is 2.50. The fourth-order valence-electron chi connectivity index (χ4n) is 3.17. The molecule has 7 nitrogen and oxygen atoms in total. The van der Waals surface area contributed by atoms with Crippen molar-refractivity contribution in [2.45, 2.75) is 25.9 Å². The van der Waals surface area contributed by atoms with Gasteiger partial charge >= 0.3 is 12.2 Å². The first-order chi connectivity index (χ1) is 13.6. The van der Waals surface area contributed by atoms with Crippen LogP contribution < -0.4 is 5.32 Å². The van der Waals surface area contributed by atoms with Crippen molar-refractivity contribution in [3.8, 4) is 0 Å². The summed E-state index contributed by atoms with van der Waals surface area (Å²) >= 11 is 0. The van der Waals surface area contributed by atoms with E-state index in [1.54, 1.807) is 13.8 Å². The van der Waals surface area contributed by atoms with E-state index < -0.39 is 17.8 Å². The van der Waals surface area contributed by atoms with Crippen LogP contribution in [-0.4, -0.2) is 36.1 Å². The van der Waals surface area contributed by atoms with Gasteiger partial charge in [0.1, 0.15) is 0 Å². The number of rotatable bonds is 5. The largest absolute Gasteiger partial charge is 0.450 e. The fraction of sp³-hybridized carbons (Fsp3) is 0.286. The highest BCUT2D eigenvalue weighted by molar-refractivity contribution is 6.03. The summed E-state index contributed by atoms with van der Waals surface area (Å²) < 4.78 is 10.3. The maximum absolute atomic E-state index is 12.8. The van der Waals surface area contributed by atoms with Gasteiger partial charge < -0.3 is 9.47 Å². The number of hydrogen-bond acceptors (Lipinski definition) is 5. The van der Waals surface area contributed by atoms with Crippen molar-refractivity contribution < 1.29 is 19.1 Å². The highest BCUT2D eigenvalue weighted by Crippen LogP contribution is 2.37. The van der Waals surface area contributed by atoms with Crippen molar-refractivity contribution in [3.63, 3.8) is 0 Å². The van der Waals surface area contributed by atoms with E-state index >= 15 is 0 Å². The molecule has 3 rings (SSSR count). The van der Waals surface area contributed by atoms with Gasteiger partial charge in [-0.2, -0.15) is 10.1 Å². The molecule has 1 aliphatic heterocycles. The average Bonchev–Trinajstić information content (AvgIpc) is 3.10. The Balaban J connectivity index is 2.09. The summed E-state index contributed by atoms with van der Waals surface area (Å²) in [6.07, 6.45) is -1.00. The predicted molar refractivity (Wildman–Crippen MR) is 105 cm³/mol. The Morgan fingerprint density at radius 3 is 2.21 bits per heavy atom. The molecule has 0 aromatic heterocycles. The van der Waals surface area contributed by atoms with E-state index in [1.807, 2.05) is 60.7 Å². The number of carbonyl (C=O) groups excluding carboxylic acids is 2. The number of hydrazone groups is 1. The van der Waals surface area contributed by atoms with E-state index in [2.05, 4.69) is 10.4 Å². The molecule has 1 aliphatic rings. The zero-order chi connectivity index (χ0) is 20.0. The third-order valence-electron chi connectivity index (χ3n) is 4.39. The van der Waals surface area contributed by atoms with Crippen LogP contribution in [0.4, 0.5) is 9.59 Å². The lowest BCUT2D eigenvalue weighted by atomic mass is 9.92. The van der Waals surface area contributed by atoms with Gasteiger partial charge in [0.25, 0.3) is 0 Å². The first-order valence-corrected chi connectivity index (χ1v) is 9.21. The van der Waals surface area contributed by atoms with E-state index in [0.717, 1.165) is 5.56 Å². The molecule has 0 saturated carbocycles. The third-order valence-corrected chi connectivity index (χ3v) is 4.39. The zero-order valence-corrected chi connectivity index (χ0v) is 15.9. The van der Waals surface area contributed by atoms with Gasteiger partial charge in [-0.25, -0.2) is 9.59 Å². The second-order valence-electron chi connectivity index (χ2n) is 6.17. The monoisotopic (exact) mass is 381 g/mol. The van der Waals surface area contributed by atoms with Crippen molar-refractivity contribution in [1.29, 1.82) is 0 Å². The summed E-state index contributed by atoms with van der Waals surface area (Å²) in [6.45, 7) is 3.84. The number of nitrogens with zero attached hydrogens (tertiary/aromatic N) is 2. The summed E-state index contributed by atoms with van der Waals surface area (Å²) in [5.41, 5.74) is 0.977. The molecule has 2 aromatic rings. The van der Waals surface area contributed by atoms with Gasteiger partial charge in [-0.15, -0.1) is 0 Å². The molecular weight excluding hydrogens is 358 g/mol. The summed E-state index contributed by atoms with van der Waals surface area (Å²) in [4.78, 5) is 25.1. The second-order valence-corrected chi connectivity index (χ2v) is 6.17. The minimum atomic E-state index is -1.25. The molecule has 2 amide bonds. The van der Waals surface area contributed by atoms with Gasteiger partial charge in [0.15, 0.2) is 5.66 Å². The number of amides is 2. The smallest absolute Gasteiger partial charge is 0.432 e. The van der Waals surface area contributed by atoms with E-state index in [0.29, 0.717) is 11.3 Å². The van der Waals surface area contributed by atoms with E-state index in [1.165, 1.54) is 5.01 Å². The number of carbonyl (C=O) groups is 2. The molecule has 0 fully saturated rings. The van der Waals surface area contributed by atoms with Crippen LogP contribution in [0.15, 0.2) is 65.8 Å². The molecular formula is C21H23N3O4. The second kappa shape index (κ2) is 8.56. The Labute approximate surface area is 163 Å². The predicted octanol–water partition coefficient (Wildman–Crippen LogP) is 3.85. The first kappa shape index (κ1) is 19.4. The normalized spacial score (nSPS) is 18.4. The SMILES string of the molecule is CCOC(=O)NC1(c2ccccc2)CC(c2ccccc2)=NN1C(=O)OCC. The molecule has 1 N–H and O–H groups in total. The molecule has 7 heteroatoms. The lowest BCUT2D eigenvalue weighted by Crippen LogP contribution is -2.56. The van der Waals surface area contributed by atoms with Crippen LogP contribution in [0.1, 0.15) is 31.4 Å². The van der Waals surface area contributed by atoms with Gasteiger partial charge in [0, 0.05) is 12.0 Å². The maximum Gasteiger partial charge on any atom is 0.432 e. The summed E-state index contributed by atoms with van der Waals surface area (Å²) in [7, 11) is 0. The van der Waals surface area contributed by atoms with Crippen molar-refractivity contribution in [1.82, 2.24) is 10.3 Å². The van der Waals surface area contributed by atoms with E-state index in [-0.39, 0.29) is 19.6 Å². The Morgan fingerprint density at radius 2 is 1.61 bits per heavy atom. The van der Waals surface area contributed by atoms with Gasteiger partial charge in [-0.1, -0.05) is 60.7 Å². The third kappa shape index (κ3) is 3.83. The number of benzene rings is 2. The van der Waals surface area contributed by atoms with Crippen LogP contribution in [0.25, 0.3) is 0 Å². The minimum Gasteiger partial charge on any atom is -0.450 e. The Morgan fingerprint density at radius 1 is 1.00 bits per heavy atom. The molecule has 28 heavy (non-hydrogen) atoms. The topological polar surface area (TPSA) is 80.2 Å². The first-order valence-electron chi connectivity index (χ1n) is 9.21. The van der Waals surface area contributed by atoms with Crippen molar-refractivity contribution >= 4 is 17.9 Å². The molecule has 0 saturated heterocycles. The van der Waals surface area contributed by atoms with Gasteiger partial charge in [0.2, 0.25) is 0 Å². The fourth-order valence-corrected chi connectivity index (χ4v) is 3.17. The lowest BCUT2D eigenvalue weighted by Gasteiger charge is -2.36. The van der Waals surface area contributed by atoms with Crippen LogP contribution in [0.2, 0.25) is 0 Å². The summed E-state index contributed by atoms with van der Waals surface area (Å²) in [5.74, 6) is 0. The number of hydrogen-bond donors (Lipinski definition) is 1. The molecule has 0 aliphatic carbocycles. The summed E-state index contributed by atoms with van der Waals surface area (Å²) in [6, 6.07) is 18.7. The lowest BCUT2D eigenvalue weighted by molar-refractivity contribution is 0.0428. The molecule has 0 radical (unpaired) electrons. The van der Waals surface area contributed by atoms with Crippen molar-refractivity contribution in [2.75, 3.05) is 13.2 Å². The Bertz CT molecular complexity index is 854. The number of alkyl carbamates (subject to hydrolysis) is 1. The van der Waals surface area contributed by atoms with Gasteiger partial charge in [-0.05, 0) is 19.4 Å². The standard InChI is InChI=1S/C21H23N3O4/c1-3-27-19(25)22-21(17-13-9-6-10-14-17)15-18(16-11-7-5-8-12-16)23-24(21)20(26)28-4-2/h5-14H,3-4,15H2,1-2H3,(H,22,25). The average molecular weight is 381 g/mol. The molecule has 1 unspecified atom stereocenters. The van der Waals surface area contributed by atoms with Crippen LogP contribution in [0.3, 0.4) is 0 Å². The molecule has 2 aromatic carbocycles. The molecule has 0 bridgehead atoms. The molecule has 146 valence electrons. The maximum atomic E-state index is 12.8. The van der Waals surface area contributed by atoms with Crippen LogP contribution >= 0.6 is 0 Å². The minimum absolute atomic E-state index is 0.190. The Kier molecular flexibility index (Phi) is 5.93. The zero-order valence-electron chi connectivity index (χ0n) is 15.9. The van der Waals surface area contributed by atoms with Crippen LogP contribution in [0, 0.1) is 0 Å². The van der Waals surface area contributed by atoms with E-state index in [4.69, 9.17) is 9.47 Å². The van der Waals surface area contributed by atoms with Crippen LogP contribution in [0.5, 0.6) is 0 Å². The number of ether oxygens (including phenoxy) is 2. The van der Waals surface area contributed by atoms with Gasteiger partial charge in [0.05, 0.1) is 18.9 Å². The highest BCUT2D eigenvalue weighted by atomic mass is 16.6. The van der Waals surface area contributed by atoms with E-state index in [9.17, 15) is 9.59 Å². The quantitative estimate of drug-likeness (QED) is 0.853. The molecule has 0 spiro atoms. The Hall–Kier alpha value is -3.35. The van der Waals surface area contributed by atoms with Gasteiger partial charge in [-0.3, -0.25) is 5.32 Å². The summed E-state index contributed by atoms with van der Waals surface area (Å²) in [5, 5.41) is 8.57. The number of nitrogens with one attached hydrogen (secondary N) is 1.